The third kappa shape index (κ3) is 1.86. The molecule has 1 heterocycles. The molecule has 4 heteroatoms. The second-order valence-corrected chi connectivity index (χ2v) is 3.63. The second kappa shape index (κ2) is 3.89. The first-order valence-corrected chi connectivity index (χ1v) is 4.84. The lowest BCUT2D eigenvalue weighted by molar-refractivity contribution is -0.136. The van der Waals surface area contributed by atoms with Crippen molar-refractivity contribution in [3.8, 4) is 0 Å². The molecule has 0 saturated heterocycles. The van der Waals surface area contributed by atoms with Crippen LogP contribution in [0, 0.1) is 12.7 Å². The molecule has 0 aliphatic heterocycles. The fraction of sp³-hybridized carbons (Fsp3) is 0.167. The van der Waals surface area contributed by atoms with Crippen LogP contribution in [0.4, 0.5) is 4.39 Å². The molecular formula is C12H10FNO2. The van der Waals surface area contributed by atoms with Crippen LogP contribution in [-0.2, 0) is 11.2 Å². The number of aliphatic carboxylic acids is 1. The van der Waals surface area contributed by atoms with Crippen LogP contribution in [0.15, 0.2) is 24.3 Å². The highest BCUT2D eigenvalue weighted by Crippen LogP contribution is 2.21. The Morgan fingerprint density at radius 2 is 2.25 bits per heavy atom. The van der Waals surface area contributed by atoms with Gasteiger partial charge in [-0.05, 0) is 24.6 Å². The molecule has 0 bridgehead atoms. The van der Waals surface area contributed by atoms with Crippen LogP contribution in [0.2, 0.25) is 0 Å². The first-order chi connectivity index (χ1) is 7.58. The summed E-state index contributed by atoms with van der Waals surface area (Å²) in [4.78, 5) is 14.8. The largest absolute Gasteiger partial charge is 0.481 e. The number of nitrogens with zero attached hydrogens (tertiary/aromatic N) is 1. The zero-order chi connectivity index (χ0) is 11.7. The Morgan fingerprint density at radius 1 is 1.50 bits per heavy atom. The lowest BCUT2D eigenvalue weighted by atomic mass is 10.0. The van der Waals surface area contributed by atoms with Crippen LogP contribution in [-0.4, -0.2) is 16.1 Å². The zero-order valence-corrected chi connectivity index (χ0v) is 8.70. The van der Waals surface area contributed by atoms with E-state index in [0.29, 0.717) is 16.6 Å². The van der Waals surface area contributed by atoms with Gasteiger partial charge in [0, 0.05) is 11.1 Å². The molecule has 0 unspecified atom stereocenters. The van der Waals surface area contributed by atoms with Gasteiger partial charge in [0.05, 0.1) is 6.42 Å². The summed E-state index contributed by atoms with van der Waals surface area (Å²) in [5, 5.41) is 9.34. The number of rotatable bonds is 2. The predicted molar refractivity (Wildman–Crippen MR) is 57.8 cm³/mol. The van der Waals surface area contributed by atoms with Crippen LogP contribution in [0.1, 0.15) is 11.3 Å². The topological polar surface area (TPSA) is 50.2 Å². The Balaban J connectivity index is 2.72. The van der Waals surface area contributed by atoms with Crippen molar-refractivity contribution in [3.63, 3.8) is 0 Å². The maximum absolute atomic E-state index is 13.5. The van der Waals surface area contributed by atoms with Gasteiger partial charge in [0.1, 0.15) is 11.3 Å². The number of carboxylic acid groups (broad SMARTS) is 1. The Bertz CT molecular complexity index is 566. The van der Waals surface area contributed by atoms with Gasteiger partial charge in [-0.3, -0.25) is 9.78 Å². The van der Waals surface area contributed by atoms with Gasteiger partial charge >= 0.3 is 5.97 Å². The maximum atomic E-state index is 13.5. The fourth-order valence-corrected chi connectivity index (χ4v) is 1.74. The van der Waals surface area contributed by atoms with E-state index in [4.69, 9.17) is 5.11 Å². The van der Waals surface area contributed by atoms with E-state index < -0.39 is 11.8 Å². The van der Waals surface area contributed by atoms with Crippen molar-refractivity contribution in [1.29, 1.82) is 0 Å². The molecule has 0 aliphatic rings. The molecule has 1 N–H and O–H groups in total. The van der Waals surface area contributed by atoms with Crippen LogP contribution in [0.5, 0.6) is 0 Å². The van der Waals surface area contributed by atoms with Crippen LogP contribution >= 0.6 is 0 Å². The molecule has 0 spiro atoms. The molecule has 82 valence electrons. The highest BCUT2D eigenvalue weighted by molar-refractivity contribution is 5.86. The number of hydrogen-bond donors (Lipinski definition) is 1. The molecule has 2 rings (SSSR count). The number of carboxylic acids is 1. The molecule has 2 aromatic rings. The number of para-hydroxylation sites is 1. The first kappa shape index (κ1) is 10.5. The van der Waals surface area contributed by atoms with Gasteiger partial charge in [0.2, 0.25) is 0 Å². The van der Waals surface area contributed by atoms with Crippen molar-refractivity contribution in [1.82, 2.24) is 4.98 Å². The van der Waals surface area contributed by atoms with E-state index >= 15 is 0 Å². The Kier molecular flexibility index (Phi) is 2.56. The molecule has 0 fully saturated rings. The van der Waals surface area contributed by atoms with E-state index in [9.17, 15) is 9.18 Å². The lowest BCUT2D eigenvalue weighted by Gasteiger charge is -2.06. The summed E-state index contributed by atoms with van der Waals surface area (Å²) in [7, 11) is 0. The summed E-state index contributed by atoms with van der Waals surface area (Å²) in [5.41, 5.74) is 1.45. The molecule has 1 aromatic carbocycles. The Hall–Kier alpha value is -1.97. The average Bonchev–Trinajstić information content (AvgIpc) is 2.18. The number of hydrogen-bond acceptors (Lipinski definition) is 2. The molecule has 0 saturated carbocycles. The normalized spacial score (nSPS) is 10.6. The van der Waals surface area contributed by atoms with Crippen molar-refractivity contribution >= 4 is 16.9 Å². The monoisotopic (exact) mass is 219 g/mol. The van der Waals surface area contributed by atoms with E-state index in [2.05, 4.69) is 4.98 Å². The molecular weight excluding hydrogens is 209 g/mol. The van der Waals surface area contributed by atoms with E-state index in [0.717, 1.165) is 0 Å². The molecule has 3 nitrogen and oxygen atoms in total. The molecule has 0 atom stereocenters. The third-order valence-corrected chi connectivity index (χ3v) is 2.35. The molecule has 0 aliphatic carbocycles. The Labute approximate surface area is 91.5 Å². The fourth-order valence-electron chi connectivity index (χ4n) is 1.74. The molecule has 0 radical (unpaired) electrons. The van der Waals surface area contributed by atoms with Crippen LogP contribution < -0.4 is 0 Å². The number of aromatic nitrogens is 1. The van der Waals surface area contributed by atoms with E-state index in [1.54, 1.807) is 25.1 Å². The zero-order valence-electron chi connectivity index (χ0n) is 8.70. The van der Waals surface area contributed by atoms with Gasteiger partial charge < -0.3 is 5.11 Å². The van der Waals surface area contributed by atoms with Gasteiger partial charge in [-0.2, -0.15) is 0 Å². The quantitative estimate of drug-likeness (QED) is 0.843. The Morgan fingerprint density at radius 3 is 2.94 bits per heavy atom. The lowest BCUT2D eigenvalue weighted by Crippen LogP contribution is -2.02. The van der Waals surface area contributed by atoms with E-state index in [-0.39, 0.29) is 11.9 Å². The summed E-state index contributed by atoms with van der Waals surface area (Å²) in [6.45, 7) is 1.72. The van der Waals surface area contributed by atoms with E-state index in [1.807, 2.05) is 0 Å². The first-order valence-electron chi connectivity index (χ1n) is 4.84. The number of carbonyl (C=O) groups is 1. The predicted octanol–water partition coefficient (Wildman–Crippen LogP) is 2.31. The third-order valence-electron chi connectivity index (χ3n) is 2.35. The van der Waals surface area contributed by atoms with E-state index in [1.165, 1.54) is 6.07 Å². The smallest absolute Gasteiger partial charge is 0.307 e. The van der Waals surface area contributed by atoms with Crippen LogP contribution in [0.3, 0.4) is 0 Å². The highest BCUT2D eigenvalue weighted by Gasteiger charge is 2.10. The molecule has 16 heavy (non-hydrogen) atoms. The van der Waals surface area contributed by atoms with Crippen LogP contribution in [0.25, 0.3) is 10.9 Å². The van der Waals surface area contributed by atoms with Gasteiger partial charge in [-0.15, -0.1) is 0 Å². The van der Waals surface area contributed by atoms with Crippen molar-refractivity contribution in [2.75, 3.05) is 0 Å². The second-order valence-electron chi connectivity index (χ2n) is 3.63. The minimum atomic E-state index is -0.934. The number of aryl methyl sites for hydroxylation is 1. The summed E-state index contributed by atoms with van der Waals surface area (Å²) >= 11 is 0. The SMILES string of the molecule is Cc1cc(CC(=O)O)c2cccc(F)c2n1. The molecule has 0 amide bonds. The number of fused-ring (bicyclic) bond motifs is 1. The van der Waals surface area contributed by atoms with Crippen molar-refractivity contribution < 1.29 is 14.3 Å². The maximum Gasteiger partial charge on any atom is 0.307 e. The highest BCUT2D eigenvalue weighted by atomic mass is 19.1. The van der Waals surface area contributed by atoms with Gasteiger partial charge in [-0.1, -0.05) is 12.1 Å². The van der Waals surface area contributed by atoms with Gasteiger partial charge in [0.25, 0.3) is 0 Å². The number of pyridine rings is 1. The average molecular weight is 219 g/mol. The summed E-state index contributed by atoms with van der Waals surface area (Å²) < 4.78 is 13.5. The van der Waals surface area contributed by atoms with Crippen molar-refractivity contribution in [2.24, 2.45) is 0 Å². The minimum Gasteiger partial charge on any atom is -0.481 e. The summed E-state index contributed by atoms with van der Waals surface area (Å²) in [6.07, 6.45) is -0.122. The number of benzene rings is 1. The molecule has 1 aromatic heterocycles. The van der Waals surface area contributed by atoms with Crippen molar-refractivity contribution in [2.45, 2.75) is 13.3 Å². The summed E-state index contributed by atoms with van der Waals surface area (Å²) in [6, 6.07) is 6.23. The van der Waals surface area contributed by atoms with Crippen molar-refractivity contribution in [3.05, 3.63) is 41.3 Å². The minimum absolute atomic E-state index is 0.122. The number of halogens is 1. The standard InChI is InChI=1S/C12H10FNO2/c1-7-5-8(6-11(15)16)9-3-2-4-10(13)12(9)14-7/h2-5H,6H2,1H3,(H,15,16). The summed E-state index contributed by atoms with van der Waals surface area (Å²) in [5.74, 6) is -1.36. The van der Waals surface area contributed by atoms with Gasteiger partial charge in [0.15, 0.2) is 0 Å². The van der Waals surface area contributed by atoms with Gasteiger partial charge in [-0.25, -0.2) is 4.39 Å².